The molecule has 1 saturated heterocycles. The molecule has 1 amide bonds. The lowest BCUT2D eigenvalue weighted by Crippen LogP contribution is -2.34. The number of likely N-dealkylation sites (tertiary alicyclic amines) is 1. The van der Waals surface area contributed by atoms with Crippen LogP contribution in [0.4, 0.5) is 5.82 Å². The Morgan fingerprint density at radius 2 is 1.83 bits per heavy atom. The van der Waals surface area contributed by atoms with Gasteiger partial charge in [-0.3, -0.25) is 9.69 Å². The third kappa shape index (κ3) is 3.42. The van der Waals surface area contributed by atoms with Gasteiger partial charge in [0.2, 0.25) is 5.91 Å². The molecule has 124 valence electrons. The summed E-state index contributed by atoms with van der Waals surface area (Å²) in [6, 6.07) is 2.31. The van der Waals surface area contributed by atoms with Crippen LogP contribution in [-0.2, 0) is 24.7 Å². The fourth-order valence-corrected chi connectivity index (χ4v) is 3.91. The van der Waals surface area contributed by atoms with Crippen molar-refractivity contribution in [3.8, 4) is 6.07 Å². The van der Waals surface area contributed by atoms with E-state index in [1.54, 1.807) is 0 Å². The van der Waals surface area contributed by atoms with Crippen LogP contribution in [0.2, 0.25) is 0 Å². The van der Waals surface area contributed by atoms with Crippen LogP contribution in [0.3, 0.4) is 0 Å². The van der Waals surface area contributed by atoms with Gasteiger partial charge < -0.3 is 9.88 Å². The molecule has 5 heteroatoms. The van der Waals surface area contributed by atoms with Gasteiger partial charge in [-0.15, -0.1) is 0 Å². The highest BCUT2D eigenvalue weighted by Gasteiger charge is 2.24. The summed E-state index contributed by atoms with van der Waals surface area (Å²) in [7, 11) is 1.96. The minimum atomic E-state index is 0.00125. The van der Waals surface area contributed by atoms with Gasteiger partial charge in [0.25, 0.3) is 0 Å². The third-order valence-electron chi connectivity index (χ3n) is 5.15. The second-order valence-electron chi connectivity index (χ2n) is 6.77. The molecule has 2 aliphatic rings. The normalized spacial score (nSPS) is 18.8. The smallest absolute Gasteiger partial charge is 0.239 e. The van der Waals surface area contributed by atoms with Gasteiger partial charge in [-0.05, 0) is 57.2 Å². The molecular formula is C18H26N4O. The van der Waals surface area contributed by atoms with Crippen molar-refractivity contribution in [2.75, 3.05) is 25.0 Å². The molecule has 0 spiro atoms. The van der Waals surface area contributed by atoms with Crippen molar-refractivity contribution in [1.29, 1.82) is 5.26 Å². The lowest BCUT2D eigenvalue weighted by molar-refractivity contribution is -0.117. The molecule has 23 heavy (non-hydrogen) atoms. The van der Waals surface area contributed by atoms with Crippen LogP contribution in [-0.4, -0.2) is 35.0 Å². The van der Waals surface area contributed by atoms with E-state index in [0.717, 1.165) is 44.3 Å². The molecule has 5 nitrogen and oxygen atoms in total. The topological polar surface area (TPSA) is 61.1 Å². The van der Waals surface area contributed by atoms with Crippen LogP contribution in [0.5, 0.6) is 0 Å². The highest BCUT2D eigenvalue weighted by Crippen LogP contribution is 2.32. The Balaban J connectivity index is 1.73. The number of hydrogen-bond acceptors (Lipinski definition) is 3. The minimum Gasteiger partial charge on any atom is -0.333 e. The largest absolute Gasteiger partial charge is 0.333 e. The van der Waals surface area contributed by atoms with Crippen LogP contribution in [0.1, 0.15) is 55.3 Å². The van der Waals surface area contributed by atoms with Crippen molar-refractivity contribution >= 4 is 11.7 Å². The van der Waals surface area contributed by atoms with Crippen molar-refractivity contribution in [2.24, 2.45) is 7.05 Å². The summed E-state index contributed by atoms with van der Waals surface area (Å²) < 4.78 is 2.02. The summed E-state index contributed by atoms with van der Waals surface area (Å²) in [6.07, 6.45) is 9.13. The fraction of sp³-hybridized carbons (Fsp3) is 0.667. The first-order chi connectivity index (χ1) is 11.2. The van der Waals surface area contributed by atoms with Gasteiger partial charge in [-0.25, -0.2) is 0 Å². The number of anilines is 1. The number of amides is 1. The minimum absolute atomic E-state index is 0.00125. The number of nitrogens with zero attached hydrogens (tertiary/aromatic N) is 3. The monoisotopic (exact) mass is 314 g/mol. The maximum atomic E-state index is 12.5. The lowest BCUT2D eigenvalue weighted by atomic mass is 9.95. The molecule has 1 aliphatic carbocycles. The molecule has 0 atom stereocenters. The zero-order valence-corrected chi connectivity index (χ0v) is 14.0. The maximum Gasteiger partial charge on any atom is 0.239 e. The molecule has 1 aromatic rings. The summed E-state index contributed by atoms with van der Waals surface area (Å²) in [5.41, 5.74) is 3.04. The second kappa shape index (κ2) is 7.18. The Morgan fingerprint density at radius 1 is 1.13 bits per heavy atom. The van der Waals surface area contributed by atoms with E-state index in [9.17, 15) is 10.1 Å². The van der Waals surface area contributed by atoms with Crippen molar-refractivity contribution in [3.63, 3.8) is 0 Å². The van der Waals surface area contributed by atoms with Crippen LogP contribution in [0, 0.1) is 11.3 Å². The number of nitrogens with one attached hydrogen (secondary N) is 1. The van der Waals surface area contributed by atoms with Crippen LogP contribution < -0.4 is 5.32 Å². The van der Waals surface area contributed by atoms with E-state index in [1.165, 1.54) is 31.4 Å². The molecule has 0 radical (unpaired) electrons. The Hall–Kier alpha value is -1.80. The van der Waals surface area contributed by atoms with E-state index in [1.807, 2.05) is 11.6 Å². The number of aromatic nitrogens is 1. The number of rotatable bonds is 3. The Kier molecular flexibility index (Phi) is 5.02. The number of fused-ring (bicyclic) bond motifs is 1. The first-order valence-corrected chi connectivity index (χ1v) is 8.83. The van der Waals surface area contributed by atoms with E-state index in [2.05, 4.69) is 16.3 Å². The van der Waals surface area contributed by atoms with E-state index >= 15 is 0 Å². The maximum absolute atomic E-state index is 12.5. The van der Waals surface area contributed by atoms with Crippen LogP contribution in [0.25, 0.3) is 0 Å². The Bertz CT molecular complexity index is 618. The van der Waals surface area contributed by atoms with Crippen molar-refractivity contribution < 1.29 is 4.79 Å². The van der Waals surface area contributed by atoms with E-state index < -0.39 is 0 Å². The van der Waals surface area contributed by atoms with Gasteiger partial charge in [-0.2, -0.15) is 5.26 Å². The van der Waals surface area contributed by atoms with Crippen LogP contribution >= 0.6 is 0 Å². The van der Waals surface area contributed by atoms with Crippen molar-refractivity contribution in [3.05, 3.63) is 16.8 Å². The number of carbonyl (C=O) groups excluding carboxylic acids is 1. The highest BCUT2D eigenvalue weighted by molar-refractivity contribution is 5.93. The first kappa shape index (κ1) is 16.1. The number of carbonyl (C=O) groups is 1. The molecule has 0 unspecified atom stereocenters. The average molecular weight is 314 g/mol. The van der Waals surface area contributed by atoms with Crippen molar-refractivity contribution in [1.82, 2.24) is 9.47 Å². The standard InChI is InChI=1S/C18H26N4O/c1-21-16-9-5-4-8-14(16)15(12-19)18(21)20-17(23)13-22-10-6-2-3-7-11-22/h2-11,13H2,1H3,(H,20,23). The average Bonchev–Trinajstić information content (AvgIpc) is 2.72. The quantitative estimate of drug-likeness (QED) is 0.933. The van der Waals surface area contributed by atoms with Gasteiger partial charge in [0.1, 0.15) is 11.9 Å². The highest BCUT2D eigenvalue weighted by atomic mass is 16.2. The zero-order valence-electron chi connectivity index (χ0n) is 14.0. The fourth-order valence-electron chi connectivity index (χ4n) is 3.91. The van der Waals surface area contributed by atoms with Gasteiger partial charge in [0.05, 0.1) is 12.1 Å². The van der Waals surface area contributed by atoms with Crippen LogP contribution in [0.15, 0.2) is 0 Å². The molecule has 1 fully saturated rings. The summed E-state index contributed by atoms with van der Waals surface area (Å²) in [5.74, 6) is 0.695. The lowest BCUT2D eigenvalue weighted by Gasteiger charge is -2.19. The molecule has 2 heterocycles. The first-order valence-electron chi connectivity index (χ1n) is 8.83. The van der Waals surface area contributed by atoms with Gasteiger partial charge in [-0.1, -0.05) is 12.8 Å². The molecule has 0 bridgehead atoms. The second-order valence-corrected chi connectivity index (χ2v) is 6.77. The number of hydrogen-bond donors (Lipinski definition) is 1. The van der Waals surface area contributed by atoms with Gasteiger partial charge >= 0.3 is 0 Å². The van der Waals surface area contributed by atoms with E-state index in [4.69, 9.17) is 0 Å². The predicted molar refractivity (Wildman–Crippen MR) is 90.3 cm³/mol. The van der Waals surface area contributed by atoms with Gasteiger partial charge in [0, 0.05) is 12.7 Å². The molecular weight excluding hydrogens is 288 g/mol. The molecule has 0 saturated carbocycles. The Labute approximate surface area is 138 Å². The van der Waals surface area contributed by atoms with Gasteiger partial charge in [0.15, 0.2) is 0 Å². The van der Waals surface area contributed by atoms with Crippen molar-refractivity contribution in [2.45, 2.75) is 51.4 Å². The summed E-state index contributed by atoms with van der Waals surface area (Å²) in [6.45, 7) is 2.44. The summed E-state index contributed by atoms with van der Waals surface area (Å²) >= 11 is 0. The number of nitriles is 1. The molecule has 1 aromatic heterocycles. The zero-order chi connectivity index (χ0) is 16.2. The van der Waals surface area contributed by atoms with E-state index in [0.29, 0.717) is 17.9 Å². The third-order valence-corrected chi connectivity index (χ3v) is 5.15. The van der Waals surface area contributed by atoms with E-state index in [-0.39, 0.29) is 5.91 Å². The summed E-state index contributed by atoms with van der Waals surface area (Å²) in [5, 5.41) is 12.5. The Morgan fingerprint density at radius 3 is 2.52 bits per heavy atom. The molecule has 0 aromatic carbocycles. The molecule has 1 N–H and O–H groups in total. The molecule has 1 aliphatic heterocycles. The predicted octanol–water partition coefficient (Wildman–Crippen LogP) is 2.59. The molecule has 3 rings (SSSR count). The SMILES string of the molecule is Cn1c2c(c(C#N)c1NC(=O)CN1CCCCCC1)CCCC2. The summed E-state index contributed by atoms with van der Waals surface area (Å²) in [4.78, 5) is 14.7.